The van der Waals surface area contributed by atoms with Gasteiger partial charge in [0, 0.05) is 27.8 Å². The van der Waals surface area contributed by atoms with Crippen molar-refractivity contribution in [1.29, 1.82) is 0 Å². The molecule has 2 N–H and O–H groups in total. The van der Waals surface area contributed by atoms with Crippen molar-refractivity contribution in [3.63, 3.8) is 0 Å². The lowest BCUT2D eigenvalue weighted by molar-refractivity contribution is 0.638. The molecule has 0 aliphatic heterocycles. The van der Waals surface area contributed by atoms with Crippen LogP contribution in [0, 0.1) is 0 Å². The quantitative estimate of drug-likeness (QED) is 0.694. The van der Waals surface area contributed by atoms with Crippen LogP contribution in [0.1, 0.15) is 40.0 Å². The Morgan fingerprint density at radius 1 is 1.42 bits per heavy atom. The predicted octanol–water partition coefficient (Wildman–Crippen LogP) is 1.66. The summed E-state index contributed by atoms with van der Waals surface area (Å²) in [5.41, 5.74) is 5.59. The van der Waals surface area contributed by atoms with Gasteiger partial charge < -0.3 is 5.73 Å². The standard InChI is InChI=1S/C9H21NOS/c1-4-9(3)12(11)7-5-6-8(2)10/h8-9H,4-7,10H2,1-3H3. The lowest BCUT2D eigenvalue weighted by Gasteiger charge is -2.09. The molecule has 12 heavy (non-hydrogen) atoms. The molecule has 0 heterocycles. The number of hydrogen-bond acceptors (Lipinski definition) is 2. The monoisotopic (exact) mass is 191 g/mol. The van der Waals surface area contributed by atoms with Crippen molar-refractivity contribution in [2.45, 2.75) is 51.3 Å². The largest absolute Gasteiger partial charge is 0.328 e. The van der Waals surface area contributed by atoms with Crippen LogP contribution >= 0.6 is 0 Å². The van der Waals surface area contributed by atoms with E-state index in [1.54, 1.807) is 0 Å². The minimum atomic E-state index is -0.637. The second kappa shape index (κ2) is 6.61. The van der Waals surface area contributed by atoms with Gasteiger partial charge in [-0.15, -0.1) is 0 Å². The van der Waals surface area contributed by atoms with Crippen molar-refractivity contribution < 1.29 is 4.21 Å². The van der Waals surface area contributed by atoms with Gasteiger partial charge in [0.1, 0.15) is 0 Å². The van der Waals surface area contributed by atoms with E-state index in [-0.39, 0.29) is 6.04 Å². The summed E-state index contributed by atoms with van der Waals surface area (Å²) < 4.78 is 11.4. The molecule has 0 aliphatic carbocycles. The van der Waals surface area contributed by atoms with Crippen LogP contribution in [0.5, 0.6) is 0 Å². The molecule has 0 fully saturated rings. The SMILES string of the molecule is CCC(C)S(=O)CCCC(C)N. The summed E-state index contributed by atoms with van der Waals surface area (Å²) in [6, 6.07) is 0.249. The minimum absolute atomic E-state index is 0.249. The van der Waals surface area contributed by atoms with Gasteiger partial charge in [0.2, 0.25) is 0 Å². The maximum Gasteiger partial charge on any atom is 0.0317 e. The molecule has 3 heteroatoms. The Kier molecular flexibility index (Phi) is 6.67. The third-order valence-corrected chi connectivity index (χ3v) is 3.95. The smallest absolute Gasteiger partial charge is 0.0317 e. The molecule has 74 valence electrons. The molecule has 0 aliphatic rings. The number of hydrogen-bond donors (Lipinski definition) is 1. The first-order chi connectivity index (χ1) is 5.57. The lowest BCUT2D eigenvalue weighted by atomic mass is 10.2. The lowest BCUT2D eigenvalue weighted by Crippen LogP contribution is -2.18. The fourth-order valence-corrected chi connectivity index (χ4v) is 2.16. The van der Waals surface area contributed by atoms with Gasteiger partial charge in [0.05, 0.1) is 0 Å². The molecule has 0 saturated carbocycles. The van der Waals surface area contributed by atoms with Crippen LogP contribution in [0.3, 0.4) is 0 Å². The van der Waals surface area contributed by atoms with E-state index in [9.17, 15) is 4.21 Å². The first-order valence-electron chi connectivity index (χ1n) is 4.70. The van der Waals surface area contributed by atoms with Crippen molar-refractivity contribution in [1.82, 2.24) is 0 Å². The summed E-state index contributed by atoms with van der Waals surface area (Å²) >= 11 is 0. The molecule has 3 unspecified atom stereocenters. The first-order valence-corrected chi connectivity index (χ1v) is 6.08. The molecular formula is C9H21NOS. The molecule has 0 aromatic carbocycles. The second-order valence-corrected chi connectivity index (χ2v) is 5.40. The summed E-state index contributed by atoms with van der Waals surface area (Å²) in [6.45, 7) is 6.11. The van der Waals surface area contributed by atoms with Gasteiger partial charge in [-0.05, 0) is 26.2 Å². The van der Waals surface area contributed by atoms with Crippen molar-refractivity contribution >= 4 is 10.8 Å². The zero-order valence-electron chi connectivity index (χ0n) is 8.38. The van der Waals surface area contributed by atoms with E-state index in [0.717, 1.165) is 25.0 Å². The molecule has 0 radical (unpaired) electrons. The summed E-state index contributed by atoms with van der Waals surface area (Å²) in [5.74, 6) is 0.816. The van der Waals surface area contributed by atoms with Crippen LogP contribution in [0.15, 0.2) is 0 Å². The molecule has 0 saturated heterocycles. The topological polar surface area (TPSA) is 43.1 Å². The van der Waals surface area contributed by atoms with Crippen molar-refractivity contribution in [2.75, 3.05) is 5.75 Å². The Hall–Kier alpha value is 0.110. The van der Waals surface area contributed by atoms with E-state index < -0.39 is 10.8 Å². The fourth-order valence-electron chi connectivity index (χ4n) is 0.935. The highest BCUT2D eigenvalue weighted by Gasteiger charge is 2.07. The molecule has 3 atom stereocenters. The average Bonchev–Trinajstić information content (AvgIpc) is 2.02. The van der Waals surface area contributed by atoms with Crippen molar-refractivity contribution in [2.24, 2.45) is 5.73 Å². The van der Waals surface area contributed by atoms with Crippen molar-refractivity contribution in [3.05, 3.63) is 0 Å². The highest BCUT2D eigenvalue weighted by Crippen LogP contribution is 2.04. The molecule has 0 bridgehead atoms. The minimum Gasteiger partial charge on any atom is -0.328 e. The van der Waals surface area contributed by atoms with Crippen molar-refractivity contribution in [3.8, 4) is 0 Å². The van der Waals surface area contributed by atoms with Crippen LogP contribution in [-0.4, -0.2) is 21.3 Å². The normalized spacial score (nSPS) is 18.7. The van der Waals surface area contributed by atoms with Gasteiger partial charge >= 0.3 is 0 Å². The van der Waals surface area contributed by atoms with Crippen LogP contribution in [-0.2, 0) is 10.8 Å². The molecular weight excluding hydrogens is 170 g/mol. The van der Waals surface area contributed by atoms with Crippen LogP contribution in [0.4, 0.5) is 0 Å². The van der Waals surface area contributed by atoms with Gasteiger partial charge in [-0.3, -0.25) is 4.21 Å². The second-order valence-electron chi connectivity index (χ2n) is 3.42. The van der Waals surface area contributed by atoms with Crippen LogP contribution in [0.2, 0.25) is 0 Å². The van der Waals surface area contributed by atoms with Crippen LogP contribution < -0.4 is 5.73 Å². The van der Waals surface area contributed by atoms with Gasteiger partial charge in [-0.1, -0.05) is 13.8 Å². The van der Waals surface area contributed by atoms with E-state index >= 15 is 0 Å². The molecule has 0 spiro atoms. The highest BCUT2D eigenvalue weighted by atomic mass is 32.2. The Labute approximate surface area is 78.4 Å². The van der Waals surface area contributed by atoms with Gasteiger partial charge in [-0.2, -0.15) is 0 Å². The number of rotatable bonds is 6. The van der Waals surface area contributed by atoms with E-state index in [2.05, 4.69) is 6.92 Å². The third kappa shape index (κ3) is 5.72. The summed E-state index contributed by atoms with van der Waals surface area (Å²) in [6.07, 6.45) is 2.99. The highest BCUT2D eigenvalue weighted by molar-refractivity contribution is 7.85. The Morgan fingerprint density at radius 2 is 2.00 bits per heavy atom. The molecule has 0 aromatic heterocycles. The number of nitrogens with two attached hydrogens (primary N) is 1. The summed E-state index contributed by atoms with van der Waals surface area (Å²) in [4.78, 5) is 0. The summed E-state index contributed by atoms with van der Waals surface area (Å²) in [5, 5.41) is 0.345. The van der Waals surface area contributed by atoms with Gasteiger partial charge in [0.25, 0.3) is 0 Å². The molecule has 2 nitrogen and oxygen atoms in total. The molecule has 0 amide bonds. The summed E-state index contributed by atoms with van der Waals surface area (Å²) in [7, 11) is -0.637. The van der Waals surface area contributed by atoms with E-state index in [1.807, 2.05) is 13.8 Å². The predicted molar refractivity (Wildman–Crippen MR) is 55.6 cm³/mol. The zero-order valence-corrected chi connectivity index (χ0v) is 9.19. The maximum atomic E-state index is 11.4. The molecule has 0 rings (SSSR count). The van der Waals surface area contributed by atoms with E-state index in [0.29, 0.717) is 5.25 Å². The van der Waals surface area contributed by atoms with E-state index in [1.165, 1.54) is 0 Å². The molecule has 0 aromatic rings. The average molecular weight is 191 g/mol. The Balaban J connectivity index is 3.44. The van der Waals surface area contributed by atoms with E-state index in [4.69, 9.17) is 5.73 Å². The van der Waals surface area contributed by atoms with Gasteiger partial charge in [0.15, 0.2) is 0 Å². The van der Waals surface area contributed by atoms with Gasteiger partial charge in [-0.25, -0.2) is 0 Å². The Morgan fingerprint density at radius 3 is 2.42 bits per heavy atom. The zero-order chi connectivity index (χ0) is 9.56. The van der Waals surface area contributed by atoms with Crippen LogP contribution in [0.25, 0.3) is 0 Å². The maximum absolute atomic E-state index is 11.4. The fraction of sp³-hybridized carbons (Fsp3) is 1.00. The third-order valence-electron chi connectivity index (χ3n) is 2.03. The first kappa shape index (κ1) is 12.1. The Bertz CT molecular complexity index is 136.